The lowest BCUT2D eigenvalue weighted by molar-refractivity contribution is -0.384. The second-order valence-electron chi connectivity index (χ2n) is 14.4. The standard InChI is InChI=1S/C20H20F3N3O5S.C20H22F3N3O3S/c21-20(22,23)15-6-10-17(11-7-15)32(30,31)25(18-3-1-2-12-24-19(18)27)13-14-4-8-16(9-5-14)26(28)29;21-20(22,23)15-6-10-17(11-7-15)30(28,29)26(13-14-4-8-16(24)9-5-14)18-3-1-2-12-25-19(18)27/h4-11,18H,1-3,12-13H2,(H,24,27);4-11,18H,1-3,12-13,24H2,(H,25,27). The van der Waals surface area contributed by atoms with Crippen LogP contribution in [0.15, 0.2) is 107 Å². The molecule has 0 aromatic heterocycles. The largest absolute Gasteiger partial charge is 0.416 e. The fourth-order valence-corrected chi connectivity index (χ4v) is 9.94. The summed E-state index contributed by atoms with van der Waals surface area (Å²) in [6, 6.07) is 16.0. The Morgan fingerprint density at radius 3 is 1.29 bits per heavy atom. The summed E-state index contributed by atoms with van der Waals surface area (Å²) in [7, 11) is -8.61. The molecule has 2 amide bonds. The number of sulfonamides is 2. The van der Waals surface area contributed by atoms with Crippen LogP contribution in [-0.2, 0) is 55.1 Å². The van der Waals surface area contributed by atoms with E-state index < -0.39 is 72.3 Å². The van der Waals surface area contributed by atoms with Crippen molar-refractivity contribution >= 4 is 43.2 Å². The lowest BCUT2D eigenvalue weighted by Crippen LogP contribution is -2.48. The van der Waals surface area contributed by atoms with Crippen LogP contribution < -0.4 is 16.4 Å². The minimum Gasteiger partial charge on any atom is -0.399 e. The van der Waals surface area contributed by atoms with Crippen LogP contribution in [0.1, 0.15) is 60.8 Å². The van der Waals surface area contributed by atoms with E-state index in [0.717, 1.165) is 51.4 Å². The molecule has 62 heavy (non-hydrogen) atoms. The summed E-state index contributed by atoms with van der Waals surface area (Å²) in [6.07, 6.45) is -6.05. The van der Waals surface area contributed by atoms with Gasteiger partial charge in [0.2, 0.25) is 31.9 Å². The number of alkyl halides is 6. The zero-order valence-electron chi connectivity index (χ0n) is 32.7. The fraction of sp³-hybridized carbons (Fsp3) is 0.350. The highest BCUT2D eigenvalue weighted by atomic mass is 32.2. The summed E-state index contributed by atoms with van der Waals surface area (Å²) >= 11 is 0. The molecular weight excluding hydrogens is 871 g/mol. The molecule has 2 aliphatic heterocycles. The van der Waals surface area contributed by atoms with Crippen LogP contribution in [0.2, 0.25) is 0 Å². The number of anilines is 1. The van der Waals surface area contributed by atoms with Crippen LogP contribution in [0.3, 0.4) is 0 Å². The molecule has 0 spiro atoms. The number of amides is 2. The van der Waals surface area contributed by atoms with Gasteiger partial charge in [0.15, 0.2) is 0 Å². The molecule has 0 bridgehead atoms. The van der Waals surface area contributed by atoms with E-state index in [-0.39, 0.29) is 35.0 Å². The third-order valence-electron chi connectivity index (χ3n) is 10.1. The van der Waals surface area contributed by atoms with Crippen molar-refractivity contribution in [1.29, 1.82) is 0 Å². The number of non-ortho nitro benzene ring substituents is 1. The van der Waals surface area contributed by atoms with Gasteiger partial charge in [-0.05, 0) is 110 Å². The minimum atomic E-state index is -4.62. The number of carbonyl (C=O) groups excluding carboxylic acids is 2. The molecule has 0 radical (unpaired) electrons. The van der Waals surface area contributed by atoms with Gasteiger partial charge in [-0.3, -0.25) is 19.7 Å². The number of nitrogens with one attached hydrogen (secondary N) is 2. The Balaban J connectivity index is 0.000000235. The molecule has 14 nitrogen and oxygen atoms in total. The van der Waals surface area contributed by atoms with Crippen molar-refractivity contribution in [1.82, 2.24) is 19.2 Å². The van der Waals surface area contributed by atoms with Crippen LogP contribution in [0.4, 0.5) is 37.7 Å². The Morgan fingerprint density at radius 1 is 0.597 bits per heavy atom. The van der Waals surface area contributed by atoms with Gasteiger partial charge < -0.3 is 16.4 Å². The molecular formula is C40H42F6N6O8S2. The molecule has 0 saturated carbocycles. The number of nitrogens with zero attached hydrogens (tertiary/aromatic N) is 3. The van der Waals surface area contributed by atoms with E-state index in [1.807, 2.05) is 0 Å². The first-order valence-electron chi connectivity index (χ1n) is 19.1. The van der Waals surface area contributed by atoms with Gasteiger partial charge in [-0.2, -0.15) is 35.0 Å². The maximum atomic E-state index is 13.4. The summed E-state index contributed by atoms with van der Waals surface area (Å²) in [5, 5.41) is 16.2. The van der Waals surface area contributed by atoms with Crippen molar-refractivity contribution in [3.05, 3.63) is 129 Å². The van der Waals surface area contributed by atoms with E-state index in [9.17, 15) is 62.9 Å². The van der Waals surface area contributed by atoms with Gasteiger partial charge in [-0.15, -0.1) is 0 Å². The Morgan fingerprint density at radius 2 is 0.952 bits per heavy atom. The fourth-order valence-electron chi connectivity index (χ4n) is 6.73. The molecule has 4 N–H and O–H groups in total. The summed E-state index contributed by atoms with van der Waals surface area (Å²) in [5.74, 6) is -0.918. The number of nitrogen functional groups attached to an aromatic ring is 1. The number of nitrogens with two attached hydrogens (primary N) is 1. The first-order chi connectivity index (χ1) is 29.1. The molecule has 334 valence electrons. The van der Waals surface area contributed by atoms with E-state index in [0.29, 0.717) is 67.7 Å². The smallest absolute Gasteiger partial charge is 0.399 e. The third-order valence-corrected chi connectivity index (χ3v) is 13.8. The first kappa shape index (κ1) is 47.5. The number of benzene rings is 4. The van der Waals surface area contributed by atoms with Crippen molar-refractivity contribution in [2.24, 2.45) is 0 Å². The maximum Gasteiger partial charge on any atom is 0.416 e. The average Bonchev–Trinajstić information content (AvgIpc) is 3.58. The highest BCUT2D eigenvalue weighted by Gasteiger charge is 2.39. The lowest BCUT2D eigenvalue weighted by atomic mass is 10.1. The second-order valence-corrected chi connectivity index (χ2v) is 18.2. The van der Waals surface area contributed by atoms with Crippen molar-refractivity contribution in [3.8, 4) is 0 Å². The van der Waals surface area contributed by atoms with Crippen LogP contribution in [-0.4, -0.2) is 67.4 Å². The predicted molar refractivity (Wildman–Crippen MR) is 214 cm³/mol. The average molecular weight is 913 g/mol. The van der Waals surface area contributed by atoms with E-state index in [4.69, 9.17) is 5.73 Å². The van der Waals surface area contributed by atoms with Crippen LogP contribution in [0, 0.1) is 10.1 Å². The zero-order chi connectivity index (χ0) is 45.5. The minimum absolute atomic E-state index is 0.109. The van der Waals surface area contributed by atoms with Gasteiger partial charge in [-0.25, -0.2) is 16.8 Å². The van der Waals surface area contributed by atoms with Gasteiger partial charge in [-0.1, -0.05) is 24.3 Å². The van der Waals surface area contributed by atoms with E-state index in [1.165, 1.54) is 24.3 Å². The second kappa shape index (κ2) is 19.6. The number of halogens is 6. The number of hydrogen-bond acceptors (Lipinski definition) is 9. The Bertz CT molecular complexity index is 2420. The number of nitro groups is 1. The van der Waals surface area contributed by atoms with Crippen LogP contribution >= 0.6 is 0 Å². The van der Waals surface area contributed by atoms with Crippen LogP contribution in [0.5, 0.6) is 0 Å². The molecule has 4 aromatic carbocycles. The number of hydrogen-bond donors (Lipinski definition) is 3. The quantitative estimate of drug-likeness (QED) is 0.0640. The molecule has 22 heteroatoms. The van der Waals surface area contributed by atoms with E-state index >= 15 is 0 Å². The van der Waals surface area contributed by atoms with Gasteiger partial charge in [0.05, 0.1) is 25.8 Å². The molecule has 2 aliphatic rings. The summed E-state index contributed by atoms with van der Waals surface area (Å²) < 4.78 is 133. The highest BCUT2D eigenvalue weighted by Crippen LogP contribution is 2.33. The summed E-state index contributed by atoms with van der Waals surface area (Å²) in [6.45, 7) is 0.452. The topological polar surface area (TPSA) is 202 Å². The Kier molecular flexibility index (Phi) is 15.0. The van der Waals surface area contributed by atoms with Crippen molar-refractivity contribution in [2.75, 3.05) is 18.8 Å². The van der Waals surface area contributed by atoms with Gasteiger partial charge in [0.25, 0.3) is 5.69 Å². The molecule has 2 fully saturated rings. The lowest BCUT2D eigenvalue weighted by Gasteiger charge is -2.29. The summed E-state index contributed by atoms with van der Waals surface area (Å²) in [5.41, 5.74) is 5.06. The number of nitro benzene ring substituents is 1. The van der Waals surface area contributed by atoms with E-state index in [1.54, 1.807) is 24.3 Å². The molecule has 2 saturated heterocycles. The molecule has 4 aromatic rings. The highest BCUT2D eigenvalue weighted by molar-refractivity contribution is 7.89. The Labute approximate surface area is 353 Å². The number of carbonyl (C=O) groups is 2. The van der Waals surface area contributed by atoms with Crippen molar-refractivity contribution < 1.29 is 57.7 Å². The first-order valence-corrected chi connectivity index (χ1v) is 22.0. The predicted octanol–water partition coefficient (Wildman–Crippen LogP) is 6.62. The SMILES string of the molecule is Nc1ccc(CN(C2CCCCNC2=O)S(=O)(=O)c2ccc(C(F)(F)F)cc2)cc1.O=C1NCCCCC1N(Cc1ccc([N+](=O)[O-])cc1)S(=O)(=O)c1ccc(C(F)(F)F)cc1. The third kappa shape index (κ3) is 11.9. The monoisotopic (exact) mass is 912 g/mol. The molecule has 2 unspecified atom stereocenters. The van der Waals surface area contributed by atoms with E-state index in [2.05, 4.69) is 10.6 Å². The molecule has 2 atom stereocenters. The van der Waals surface area contributed by atoms with Gasteiger partial charge in [0, 0.05) is 44.0 Å². The molecule has 0 aliphatic carbocycles. The van der Waals surface area contributed by atoms with Crippen molar-refractivity contribution in [3.63, 3.8) is 0 Å². The normalized spacial score (nSPS) is 17.9. The Hall–Kier alpha value is -5.58. The van der Waals surface area contributed by atoms with Gasteiger partial charge >= 0.3 is 12.4 Å². The van der Waals surface area contributed by atoms with Gasteiger partial charge in [0.1, 0.15) is 12.1 Å². The maximum absolute atomic E-state index is 13.4. The van der Waals surface area contributed by atoms with Crippen molar-refractivity contribution in [2.45, 2.75) is 85.8 Å². The number of rotatable bonds is 11. The molecule has 6 rings (SSSR count). The zero-order valence-corrected chi connectivity index (χ0v) is 34.4. The van der Waals surface area contributed by atoms with Crippen LogP contribution in [0.25, 0.3) is 0 Å². The summed E-state index contributed by atoms with van der Waals surface area (Å²) in [4.78, 5) is 34.8. The molecule has 2 heterocycles.